The molecular weight excluding hydrogens is 448 g/mol. The predicted octanol–water partition coefficient (Wildman–Crippen LogP) is 6.31. The predicted molar refractivity (Wildman–Crippen MR) is 126 cm³/mol. The number of nitrogens with zero attached hydrogens (tertiary/aromatic N) is 3. The number of aromatic nitrogens is 2. The molecule has 1 amide bonds. The Morgan fingerprint density at radius 2 is 1.84 bits per heavy atom. The van der Waals surface area contributed by atoms with Crippen LogP contribution in [0.15, 0.2) is 41.8 Å². The second-order valence-corrected chi connectivity index (χ2v) is 10.1. The maximum atomic E-state index is 12.7. The van der Waals surface area contributed by atoms with Crippen molar-refractivity contribution in [2.24, 2.45) is 0 Å². The standard InChI is InChI=1S/C22H20N4O4S2/c1-12-11-31-18-17(12)23-21(30-14-7-5-13(6-8-14)22(2,3)4)25-19(18)24-20(27)15-9-10-16(32-15)26(28)29/h5-11H,1-4H3,(H,23,24,25,27). The van der Waals surface area contributed by atoms with E-state index in [4.69, 9.17) is 4.74 Å². The van der Waals surface area contributed by atoms with Crippen LogP contribution in [0.4, 0.5) is 10.8 Å². The van der Waals surface area contributed by atoms with E-state index in [1.54, 1.807) is 0 Å². The average molecular weight is 469 g/mol. The number of carbonyl (C=O) groups excluding carboxylic acids is 1. The molecule has 0 aliphatic rings. The van der Waals surface area contributed by atoms with E-state index in [9.17, 15) is 14.9 Å². The van der Waals surface area contributed by atoms with Crippen molar-refractivity contribution in [2.75, 3.05) is 5.32 Å². The molecule has 0 saturated carbocycles. The number of benzene rings is 1. The van der Waals surface area contributed by atoms with Gasteiger partial charge in [-0.05, 0) is 47.0 Å². The molecule has 3 heterocycles. The highest BCUT2D eigenvalue weighted by Crippen LogP contribution is 2.34. The summed E-state index contributed by atoms with van der Waals surface area (Å²) < 4.78 is 6.59. The average Bonchev–Trinajstić information content (AvgIpc) is 3.36. The van der Waals surface area contributed by atoms with Crippen molar-refractivity contribution in [3.63, 3.8) is 0 Å². The number of rotatable bonds is 5. The van der Waals surface area contributed by atoms with Gasteiger partial charge in [0.15, 0.2) is 5.82 Å². The van der Waals surface area contributed by atoms with Gasteiger partial charge >= 0.3 is 11.0 Å². The van der Waals surface area contributed by atoms with Gasteiger partial charge in [0.25, 0.3) is 5.91 Å². The van der Waals surface area contributed by atoms with Crippen molar-refractivity contribution in [3.05, 3.63) is 67.9 Å². The Labute approximate surface area is 192 Å². The zero-order valence-electron chi connectivity index (χ0n) is 17.8. The summed E-state index contributed by atoms with van der Waals surface area (Å²) in [5.74, 6) is 0.404. The molecule has 0 aliphatic carbocycles. The first-order chi connectivity index (χ1) is 15.1. The zero-order valence-corrected chi connectivity index (χ0v) is 19.5. The number of anilines is 1. The van der Waals surface area contributed by atoms with Crippen LogP contribution in [-0.4, -0.2) is 20.8 Å². The molecule has 0 saturated heterocycles. The number of amides is 1. The summed E-state index contributed by atoms with van der Waals surface area (Å²) in [6, 6.07) is 10.5. The summed E-state index contributed by atoms with van der Waals surface area (Å²) in [4.78, 5) is 32.2. The third kappa shape index (κ3) is 4.46. The number of carbonyl (C=O) groups is 1. The van der Waals surface area contributed by atoms with E-state index in [1.165, 1.54) is 29.0 Å². The van der Waals surface area contributed by atoms with Crippen molar-refractivity contribution >= 4 is 49.6 Å². The SMILES string of the molecule is Cc1csc2c(NC(=O)c3ccc([N+](=O)[O-])s3)nc(Oc3ccc(C(C)(C)C)cc3)nc12. The van der Waals surface area contributed by atoms with Gasteiger partial charge in [0, 0.05) is 6.07 Å². The Balaban J connectivity index is 1.64. The van der Waals surface area contributed by atoms with Crippen molar-refractivity contribution in [1.82, 2.24) is 9.97 Å². The third-order valence-corrected chi connectivity index (χ3v) is 6.86. The molecule has 0 atom stereocenters. The maximum absolute atomic E-state index is 12.7. The lowest BCUT2D eigenvalue weighted by Gasteiger charge is -2.19. The molecule has 3 aromatic heterocycles. The fourth-order valence-electron chi connectivity index (χ4n) is 2.99. The highest BCUT2D eigenvalue weighted by atomic mass is 32.1. The first-order valence-corrected chi connectivity index (χ1v) is 11.4. The molecule has 1 N–H and O–H groups in total. The van der Waals surface area contributed by atoms with Gasteiger partial charge in [0.1, 0.15) is 5.75 Å². The van der Waals surface area contributed by atoms with Crippen LogP contribution in [0.5, 0.6) is 11.8 Å². The quantitative estimate of drug-likeness (QED) is 0.272. The minimum absolute atomic E-state index is 0.0239. The molecule has 164 valence electrons. The second kappa shape index (κ2) is 8.29. The zero-order chi connectivity index (χ0) is 23.0. The summed E-state index contributed by atoms with van der Waals surface area (Å²) in [5, 5.41) is 15.5. The van der Waals surface area contributed by atoms with E-state index in [0.29, 0.717) is 21.8 Å². The first-order valence-electron chi connectivity index (χ1n) is 9.71. The number of hydrogen-bond donors (Lipinski definition) is 1. The summed E-state index contributed by atoms with van der Waals surface area (Å²) in [5.41, 5.74) is 2.81. The molecule has 1 aromatic carbocycles. The van der Waals surface area contributed by atoms with Gasteiger partial charge in [-0.15, -0.1) is 11.3 Å². The summed E-state index contributed by atoms with van der Waals surface area (Å²) in [6.07, 6.45) is 0. The van der Waals surface area contributed by atoms with E-state index in [1.807, 2.05) is 36.6 Å². The van der Waals surface area contributed by atoms with Gasteiger partial charge in [-0.2, -0.15) is 9.97 Å². The molecule has 32 heavy (non-hydrogen) atoms. The molecule has 4 aromatic rings. The van der Waals surface area contributed by atoms with E-state index in [2.05, 4.69) is 36.1 Å². The molecule has 0 unspecified atom stereocenters. The van der Waals surface area contributed by atoms with Crippen LogP contribution < -0.4 is 10.1 Å². The van der Waals surface area contributed by atoms with Crippen LogP contribution in [0.2, 0.25) is 0 Å². The molecule has 0 fully saturated rings. The number of thiophene rings is 2. The molecule has 0 radical (unpaired) electrons. The Morgan fingerprint density at radius 1 is 1.12 bits per heavy atom. The Kier molecular flexibility index (Phi) is 5.66. The van der Waals surface area contributed by atoms with Crippen LogP contribution in [0.1, 0.15) is 41.6 Å². The lowest BCUT2D eigenvalue weighted by molar-refractivity contribution is -0.380. The minimum atomic E-state index is -0.524. The highest BCUT2D eigenvalue weighted by molar-refractivity contribution is 7.18. The lowest BCUT2D eigenvalue weighted by atomic mass is 9.87. The van der Waals surface area contributed by atoms with Gasteiger partial charge < -0.3 is 10.1 Å². The highest BCUT2D eigenvalue weighted by Gasteiger charge is 2.20. The van der Waals surface area contributed by atoms with Crippen LogP contribution in [0.25, 0.3) is 10.2 Å². The van der Waals surface area contributed by atoms with Gasteiger partial charge in [-0.25, -0.2) is 0 Å². The number of fused-ring (bicyclic) bond motifs is 1. The third-order valence-electron chi connectivity index (χ3n) is 4.73. The van der Waals surface area contributed by atoms with Crippen LogP contribution in [0.3, 0.4) is 0 Å². The molecule has 0 spiro atoms. The van der Waals surface area contributed by atoms with E-state index in [0.717, 1.165) is 16.9 Å². The summed E-state index contributed by atoms with van der Waals surface area (Å²) in [7, 11) is 0. The van der Waals surface area contributed by atoms with Crippen LogP contribution in [-0.2, 0) is 5.41 Å². The Morgan fingerprint density at radius 3 is 2.47 bits per heavy atom. The van der Waals surface area contributed by atoms with Crippen molar-refractivity contribution < 1.29 is 14.5 Å². The number of ether oxygens (including phenoxy) is 1. The van der Waals surface area contributed by atoms with Gasteiger partial charge in [-0.1, -0.05) is 44.2 Å². The molecule has 4 rings (SSSR count). The molecule has 0 bridgehead atoms. The summed E-state index contributed by atoms with van der Waals surface area (Å²) >= 11 is 2.21. The minimum Gasteiger partial charge on any atom is -0.424 e. The monoisotopic (exact) mass is 468 g/mol. The lowest BCUT2D eigenvalue weighted by Crippen LogP contribution is -2.12. The molecule has 0 aliphatic heterocycles. The number of nitro groups is 1. The number of hydrogen-bond acceptors (Lipinski definition) is 8. The van der Waals surface area contributed by atoms with E-state index >= 15 is 0 Å². The normalized spacial score (nSPS) is 11.5. The van der Waals surface area contributed by atoms with Crippen molar-refractivity contribution in [1.29, 1.82) is 0 Å². The van der Waals surface area contributed by atoms with Gasteiger partial charge in [0.2, 0.25) is 0 Å². The Bertz CT molecular complexity index is 1320. The molecular formula is C22H20N4O4S2. The van der Waals surface area contributed by atoms with Crippen molar-refractivity contribution in [3.8, 4) is 11.8 Å². The fourth-order valence-corrected chi connectivity index (χ4v) is 4.64. The van der Waals surface area contributed by atoms with Crippen LogP contribution >= 0.6 is 22.7 Å². The molecule has 8 nitrogen and oxygen atoms in total. The molecule has 10 heteroatoms. The smallest absolute Gasteiger partial charge is 0.324 e. The largest absolute Gasteiger partial charge is 0.424 e. The van der Waals surface area contributed by atoms with Crippen LogP contribution in [0, 0.1) is 17.0 Å². The Hall–Kier alpha value is -3.37. The maximum Gasteiger partial charge on any atom is 0.324 e. The first kappa shape index (κ1) is 21.8. The van der Waals surface area contributed by atoms with E-state index in [-0.39, 0.29) is 21.3 Å². The van der Waals surface area contributed by atoms with Gasteiger partial charge in [0.05, 0.1) is 20.0 Å². The fraction of sp³-hybridized carbons (Fsp3) is 0.227. The van der Waals surface area contributed by atoms with E-state index < -0.39 is 10.8 Å². The summed E-state index contributed by atoms with van der Waals surface area (Å²) in [6.45, 7) is 8.32. The van der Waals surface area contributed by atoms with Gasteiger partial charge in [-0.3, -0.25) is 14.9 Å². The second-order valence-electron chi connectivity index (χ2n) is 8.18. The number of aryl methyl sites for hydroxylation is 1. The topological polar surface area (TPSA) is 107 Å². The van der Waals surface area contributed by atoms with Crippen molar-refractivity contribution in [2.45, 2.75) is 33.1 Å². The number of nitrogens with one attached hydrogen (secondary N) is 1.